The fraction of sp³-hybridized carbons (Fsp3) is 0.533. The number of benzene rings is 1. The average molecular weight is 753 g/mol. The third kappa shape index (κ3) is 8.23. The molecule has 9 N–H and O–H groups in total. The number of amidine groups is 1. The normalized spacial score (nSPS) is 24.3. The molecule has 2 amide bonds. The molecule has 1 aromatic carbocycles. The summed E-state index contributed by atoms with van der Waals surface area (Å²) in [5.41, 5.74) is 2.94. The van der Waals surface area contributed by atoms with Crippen molar-refractivity contribution in [1.82, 2.24) is 26.0 Å². The summed E-state index contributed by atoms with van der Waals surface area (Å²) in [4.78, 5) is 48.4. The summed E-state index contributed by atoms with van der Waals surface area (Å²) in [6.45, 7) is 5.42. The van der Waals surface area contributed by atoms with Crippen molar-refractivity contribution in [3.05, 3.63) is 40.4 Å². The van der Waals surface area contributed by atoms with Crippen LogP contribution in [0.5, 0.6) is 5.75 Å². The number of piperidine rings is 1. The second-order valence-electron chi connectivity index (χ2n) is 13.2. The van der Waals surface area contributed by atoms with Crippen molar-refractivity contribution in [2.75, 3.05) is 25.4 Å². The van der Waals surface area contributed by atoms with Crippen molar-refractivity contribution in [2.45, 2.75) is 75.8 Å². The highest BCUT2D eigenvalue weighted by Crippen LogP contribution is 2.35. The molecule has 2 saturated heterocycles. The minimum Gasteiger partial charge on any atom is -0.485 e. The van der Waals surface area contributed by atoms with Gasteiger partial charge in [0.25, 0.3) is 17.4 Å². The van der Waals surface area contributed by atoms with Crippen molar-refractivity contribution in [3.63, 3.8) is 0 Å². The number of rotatable bonds is 13. The lowest BCUT2D eigenvalue weighted by molar-refractivity contribution is -0.218. The number of carboxylic acid groups (broad SMARTS) is 1. The van der Waals surface area contributed by atoms with E-state index in [4.69, 9.17) is 25.3 Å². The summed E-state index contributed by atoms with van der Waals surface area (Å²) < 4.78 is 41.8. The molecule has 1 aromatic heterocycles. The molecule has 2 fully saturated rings. The summed E-state index contributed by atoms with van der Waals surface area (Å²) >= 11 is 0.958. The quantitative estimate of drug-likeness (QED) is 0.0432. The summed E-state index contributed by atoms with van der Waals surface area (Å²) in [5, 5.41) is 42.8. The van der Waals surface area contributed by atoms with Gasteiger partial charge in [-0.05, 0) is 82.7 Å². The first kappa shape index (κ1) is 37.8. The standard InChI is InChI=1S/C30H40N8O11S2/c1-29(2)23(26(41)38(29)49-51(44,45)46)36-25(40)22(19-14-50-28(32)35-19)37-48-30(3,27(42)43)21-7-5-16-11-17(4-6-20(16)47-21)24(31)34-12-15-8-9-33-18(10-15)13-39/h4,6,11,14-15,18,21,23,33,39H,5,7-10,12-13H2,1-3H3,(H2,31,34)(H2,32,35)(H,36,40)(H,42,43)(H,44,45,46)/b37-22-/t15-,18+,21-,23-,30+/m1/s1. The highest BCUT2D eigenvalue weighted by atomic mass is 32.3. The van der Waals surface area contributed by atoms with Crippen LogP contribution in [0.1, 0.15) is 56.9 Å². The van der Waals surface area contributed by atoms with Gasteiger partial charge in [-0.15, -0.1) is 15.6 Å². The number of oxime groups is 1. The zero-order valence-electron chi connectivity index (χ0n) is 27.9. The number of carbonyl (C=O) groups excluding carboxylic acids is 2. The van der Waals surface area contributed by atoms with Gasteiger partial charge in [-0.25, -0.2) is 9.78 Å². The van der Waals surface area contributed by atoms with Gasteiger partial charge in [0, 0.05) is 23.5 Å². The zero-order valence-corrected chi connectivity index (χ0v) is 29.5. The number of aliphatic hydroxyl groups is 1. The van der Waals surface area contributed by atoms with Gasteiger partial charge < -0.3 is 41.5 Å². The van der Waals surface area contributed by atoms with Gasteiger partial charge in [0.05, 0.1) is 12.1 Å². The Kier molecular flexibility index (Phi) is 10.9. The first-order chi connectivity index (χ1) is 23.9. The van der Waals surface area contributed by atoms with E-state index < -0.39 is 57.2 Å². The third-order valence-corrected chi connectivity index (χ3v) is 10.2. The highest BCUT2D eigenvalue weighted by Gasteiger charge is 2.58. The summed E-state index contributed by atoms with van der Waals surface area (Å²) in [6.07, 6.45) is 1.20. The molecule has 5 atom stereocenters. The first-order valence-electron chi connectivity index (χ1n) is 15.9. The van der Waals surface area contributed by atoms with Gasteiger partial charge in [0.2, 0.25) is 0 Å². The molecule has 51 heavy (non-hydrogen) atoms. The van der Waals surface area contributed by atoms with E-state index in [1.54, 1.807) is 18.2 Å². The Hall–Kier alpha value is -4.41. The number of carbonyl (C=O) groups is 3. The molecule has 3 aliphatic heterocycles. The fourth-order valence-corrected chi connectivity index (χ4v) is 7.10. The smallest absolute Gasteiger partial charge is 0.418 e. The number of hydrogen-bond acceptors (Lipinski definition) is 15. The van der Waals surface area contributed by atoms with Crippen molar-refractivity contribution in [3.8, 4) is 5.75 Å². The van der Waals surface area contributed by atoms with Crippen LogP contribution >= 0.6 is 11.3 Å². The number of ether oxygens (including phenoxy) is 1. The van der Waals surface area contributed by atoms with Crippen LogP contribution in [0, 0.1) is 11.3 Å². The summed E-state index contributed by atoms with van der Waals surface area (Å²) in [7, 11) is -5.04. The molecule has 0 bridgehead atoms. The van der Waals surface area contributed by atoms with Crippen molar-refractivity contribution in [1.29, 1.82) is 5.41 Å². The minimum absolute atomic E-state index is 0.0461. The Bertz CT molecular complexity index is 1830. The molecule has 0 aliphatic carbocycles. The van der Waals surface area contributed by atoms with E-state index in [0.29, 0.717) is 35.3 Å². The summed E-state index contributed by atoms with van der Waals surface area (Å²) in [5.74, 6) is -2.55. The van der Waals surface area contributed by atoms with E-state index >= 15 is 0 Å². The van der Waals surface area contributed by atoms with Crippen LogP contribution in [-0.2, 0) is 40.3 Å². The Morgan fingerprint density at radius 1 is 1.33 bits per heavy atom. The number of fused-ring (bicyclic) bond motifs is 1. The molecule has 278 valence electrons. The van der Waals surface area contributed by atoms with Crippen molar-refractivity contribution in [2.24, 2.45) is 11.1 Å². The van der Waals surface area contributed by atoms with Crippen LogP contribution in [-0.4, -0.2) is 112 Å². The number of amides is 2. The maximum Gasteiger partial charge on any atom is 0.418 e. The molecular formula is C30H40N8O11S2. The van der Waals surface area contributed by atoms with E-state index in [9.17, 15) is 33.0 Å². The number of aromatic nitrogens is 1. The van der Waals surface area contributed by atoms with Gasteiger partial charge >= 0.3 is 16.4 Å². The second-order valence-corrected chi connectivity index (χ2v) is 15.1. The maximum atomic E-state index is 13.5. The number of carboxylic acids is 1. The van der Waals surface area contributed by atoms with Gasteiger partial charge in [-0.1, -0.05) is 5.16 Å². The van der Waals surface area contributed by atoms with Crippen LogP contribution < -0.4 is 26.4 Å². The maximum absolute atomic E-state index is 13.5. The van der Waals surface area contributed by atoms with Gasteiger partial charge in [-0.3, -0.25) is 19.6 Å². The average Bonchev–Trinajstić information content (AvgIpc) is 3.52. The number of nitrogens with two attached hydrogens (primary N) is 1. The predicted octanol–water partition coefficient (Wildman–Crippen LogP) is -0.201. The number of nitrogen functional groups attached to an aromatic ring is 1. The van der Waals surface area contributed by atoms with Gasteiger partial charge in [-0.2, -0.15) is 13.5 Å². The van der Waals surface area contributed by atoms with Gasteiger partial charge in [0.1, 0.15) is 23.3 Å². The van der Waals surface area contributed by atoms with E-state index in [1.165, 1.54) is 26.2 Å². The molecule has 5 rings (SSSR count). The van der Waals surface area contributed by atoms with Crippen LogP contribution in [0.3, 0.4) is 0 Å². The number of β-lactam (4-membered cyclic amide) rings is 1. The predicted molar refractivity (Wildman–Crippen MR) is 181 cm³/mol. The zero-order chi connectivity index (χ0) is 37.3. The Labute approximate surface area is 296 Å². The van der Waals surface area contributed by atoms with E-state index in [2.05, 4.69) is 30.4 Å². The molecule has 0 radical (unpaired) electrons. The molecule has 3 aliphatic rings. The lowest BCUT2D eigenvalue weighted by Crippen LogP contribution is -2.76. The van der Waals surface area contributed by atoms with Crippen LogP contribution in [0.15, 0.2) is 28.7 Å². The number of thiazole rings is 1. The Balaban J connectivity index is 1.29. The van der Waals surface area contributed by atoms with Crippen molar-refractivity contribution >= 4 is 56.2 Å². The number of anilines is 1. The monoisotopic (exact) mass is 752 g/mol. The lowest BCUT2D eigenvalue weighted by Gasteiger charge is -2.50. The molecule has 19 nitrogen and oxygen atoms in total. The number of aliphatic hydroxyl groups excluding tert-OH is 1. The highest BCUT2D eigenvalue weighted by molar-refractivity contribution is 7.80. The number of aryl methyl sites for hydroxylation is 1. The van der Waals surface area contributed by atoms with E-state index in [1.807, 2.05) is 0 Å². The number of aliphatic carboxylic acids is 1. The van der Waals surface area contributed by atoms with Crippen LogP contribution in [0.4, 0.5) is 5.13 Å². The summed E-state index contributed by atoms with van der Waals surface area (Å²) in [6, 6.07) is 3.84. The number of hydroxylamine groups is 2. The topological polar surface area (TPSA) is 288 Å². The Morgan fingerprint density at radius 2 is 2.08 bits per heavy atom. The molecule has 2 aromatic rings. The molecule has 0 unspecified atom stereocenters. The third-order valence-electron chi connectivity index (χ3n) is 9.15. The largest absolute Gasteiger partial charge is 0.485 e. The molecular weight excluding hydrogens is 713 g/mol. The lowest BCUT2D eigenvalue weighted by atomic mass is 9.84. The molecule has 21 heteroatoms. The van der Waals surface area contributed by atoms with Crippen LogP contribution in [0.25, 0.3) is 0 Å². The fourth-order valence-electron chi connectivity index (χ4n) is 6.10. The van der Waals surface area contributed by atoms with Crippen molar-refractivity contribution < 1.29 is 51.4 Å². The number of hydrogen-bond donors (Lipinski definition) is 8. The molecule has 4 heterocycles. The van der Waals surface area contributed by atoms with Crippen LogP contribution in [0.2, 0.25) is 0 Å². The van der Waals surface area contributed by atoms with E-state index in [-0.39, 0.29) is 35.7 Å². The number of nitrogens with zero attached hydrogens (tertiary/aromatic N) is 3. The SMILES string of the molecule is CC1(C)[C@H](NC(=O)/C(=N\O[C@](C)(C(=O)O)[C@H]2CCc3cc(C(=N)NC[C@@H]4CCN[C@H](CO)C4)ccc3O2)c2csc(N)n2)C(=O)N1OS(=O)(=O)O. The number of nitrogens with one attached hydrogen (secondary N) is 4. The van der Waals surface area contributed by atoms with Gasteiger partial charge in [0.15, 0.2) is 16.9 Å². The molecule has 0 spiro atoms. The minimum atomic E-state index is -5.04. The Morgan fingerprint density at radius 3 is 2.71 bits per heavy atom. The first-order valence-corrected chi connectivity index (χ1v) is 18.2. The van der Waals surface area contributed by atoms with E-state index in [0.717, 1.165) is 36.3 Å². The second kappa shape index (κ2) is 14.7. The molecule has 0 saturated carbocycles.